The van der Waals surface area contributed by atoms with Gasteiger partial charge in [0.25, 0.3) is 0 Å². The third-order valence-corrected chi connectivity index (χ3v) is 4.58. The minimum Gasteiger partial charge on any atom is -0.355 e. The maximum Gasteiger partial charge on any atom is 0.193 e. The van der Waals surface area contributed by atoms with Crippen LogP contribution in [0.2, 0.25) is 0 Å². The average Bonchev–Trinajstić information content (AvgIpc) is 2.48. The van der Waals surface area contributed by atoms with Gasteiger partial charge in [-0.15, -0.1) is 35.7 Å². The fourth-order valence-corrected chi connectivity index (χ4v) is 3.35. The number of thioether (sulfide) groups is 1. The van der Waals surface area contributed by atoms with E-state index in [1.807, 2.05) is 18.8 Å². The first-order valence-corrected chi connectivity index (χ1v) is 8.41. The lowest BCUT2D eigenvalue weighted by Crippen LogP contribution is -2.46. The van der Waals surface area contributed by atoms with E-state index >= 15 is 0 Å². The van der Waals surface area contributed by atoms with Crippen LogP contribution < -0.4 is 5.32 Å². The van der Waals surface area contributed by atoms with Crippen LogP contribution in [0.5, 0.6) is 0 Å². The van der Waals surface area contributed by atoms with Crippen LogP contribution in [-0.4, -0.2) is 43.3 Å². The quantitative estimate of drug-likeness (QED) is 0.265. The van der Waals surface area contributed by atoms with Crippen LogP contribution in [0.4, 0.5) is 0 Å². The Morgan fingerprint density at radius 1 is 1.38 bits per heavy atom. The van der Waals surface area contributed by atoms with Gasteiger partial charge < -0.3 is 10.2 Å². The Labute approximate surface area is 150 Å². The van der Waals surface area contributed by atoms with Crippen molar-refractivity contribution in [1.82, 2.24) is 10.2 Å². The molecule has 1 aromatic carbocycles. The first-order chi connectivity index (χ1) is 9.79. The van der Waals surface area contributed by atoms with Gasteiger partial charge in [-0.25, -0.2) is 0 Å². The number of guanidine groups is 1. The van der Waals surface area contributed by atoms with Gasteiger partial charge in [-0.2, -0.15) is 0 Å². The average molecular weight is 419 g/mol. The first kappa shape index (κ1) is 18.6. The lowest BCUT2D eigenvalue weighted by atomic mass is 10.0. The Morgan fingerprint density at radius 2 is 2.14 bits per heavy atom. The van der Waals surface area contributed by atoms with Gasteiger partial charge in [0.15, 0.2) is 5.96 Å². The Hall–Kier alpha value is -0.430. The molecule has 1 fully saturated rings. The van der Waals surface area contributed by atoms with Gasteiger partial charge in [-0.05, 0) is 30.9 Å². The zero-order valence-electron chi connectivity index (χ0n) is 12.9. The number of benzene rings is 1. The third kappa shape index (κ3) is 6.46. The molecule has 0 bridgehead atoms. The molecular formula is C16H26IN3S. The van der Waals surface area contributed by atoms with E-state index in [2.05, 4.69) is 52.5 Å². The summed E-state index contributed by atoms with van der Waals surface area (Å²) < 4.78 is 0. The summed E-state index contributed by atoms with van der Waals surface area (Å²) in [5, 5.41) is 3.49. The molecule has 1 unspecified atom stereocenters. The van der Waals surface area contributed by atoms with E-state index in [9.17, 15) is 0 Å². The van der Waals surface area contributed by atoms with Gasteiger partial charge in [-0.3, -0.25) is 4.99 Å². The molecule has 1 aliphatic heterocycles. The third-order valence-electron chi connectivity index (χ3n) is 3.57. The summed E-state index contributed by atoms with van der Waals surface area (Å²) in [5.74, 6) is 2.90. The minimum atomic E-state index is 0. The number of hydrogen-bond donors (Lipinski definition) is 1. The Morgan fingerprint density at radius 3 is 2.81 bits per heavy atom. The zero-order valence-corrected chi connectivity index (χ0v) is 16.1. The van der Waals surface area contributed by atoms with Gasteiger partial charge in [0.2, 0.25) is 0 Å². The van der Waals surface area contributed by atoms with Crippen LogP contribution in [-0.2, 0) is 0 Å². The van der Waals surface area contributed by atoms with Crippen LogP contribution in [0.15, 0.2) is 40.2 Å². The van der Waals surface area contributed by atoms with E-state index in [1.165, 1.54) is 17.7 Å². The Bertz CT molecular complexity index is 425. The minimum absolute atomic E-state index is 0. The normalized spacial score (nSPS) is 19.0. The van der Waals surface area contributed by atoms with E-state index in [0.29, 0.717) is 0 Å². The molecule has 1 aromatic rings. The number of aliphatic imine (C=N–C) groups is 1. The maximum atomic E-state index is 4.41. The molecule has 1 N–H and O–H groups in total. The summed E-state index contributed by atoms with van der Waals surface area (Å²) in [7, 11) is 1.88. The number of halogens is 1. The van der Waals surface area contributed by atoms with Gasteiger partial charge in [0.1, 0.15) is 0 Å². The van der Waals surface area contributed by atoms with Gasteiger partial charge in [0, 0.05) is 37.3 Å². The molecule has 0 aliphatic carbocycles. The van der Waals surface area contributed by atoms with Crippen LogP contribution in [0.25, 0.3) is 0 Å². The number of hydrogen-bond acceptors (Lipinski definition) is 2. The van der Waals surface area contributed by atoms with Crippen molar-refractivity contribution in [3.63, 3.8) is 0 Å². The second-order valence-electron chi connectivity index (χ2n) is 5.33. The van der Waals surface area contributed by atoms with Crippen molar-refractivity contribution in [3.05, 3.63) is 30.3 Å². The first-order valence-electron chi connectivity index (χ1n) is 7.43. The molecule has 0 saturated carbocycles. The molecular weight excluding hydrogens is 393 g/mol. The molecule has 1 heterocycles. The Balaban J connectivity index is 0.00000220. The van der Waals surface area contributed by atoms with Crippen LogP contribution in [0.3, 0.4) is 0 Å². The largest absolute Gasteiger partial charge is 0.355 e. The van der Waals surface area contributed by atoms with E-state index in [1.54, 1.807) is 0 Å². The number of piperidine rings is 1. The summed E-state index contributed by atoms with van der Waals surface area (Å²) in [6.45, 7) is 5.54. The smallest absolute Gasteiger partial charge is 0.193 e. The highest BCUT2D eigenvalue weighted by Gasteiger charge is 2.18. The second kappa shape index (κ2) is 10.3. The van der Waals surface area contributed by atoms with Crippen molar-refractivity contribution in [1.29, 1.82) is 0 Å². The summed E-state index contributed by atoms with van der Waals surface area (Å²) in [6.07, 6.45) is 2.62. The lowest BCUT2D eigenvalue weighted by Gasteiger charge is -2.33. The predicted octanol–water partition coefficient (Wildman–Crippen LogP) is 3.70. The standard InChI is InChI=1S/C16H25N3S.HI/c1-14-7-6-11-19(13-14)16(17-2)18-10-12-20-15-8-4-3-5-9-15;/h3-5,8-9,14H,6-7,10-13H2,1-2H3,(H,17,18);1H. The van der Waals surface area contributed by atoms with Crippen molar-refractivity contribution >= 4 is 41.7 Å². The molecule has 0 spiro atoms. The van der Waals surface area contributed by atoms with E-state index in [0.717, 1.165) is 37.3 Å². The van der Waals surface area contributed by atoms with Crippen molar-refractivity contribution in [3.8, 4) is 0 Å². The highest BCUT2D eigenvalue weighted by atomic mass is 127. The van der Waals surface area contributed by atoms with Gasteiger partial charge in [0.05, 0.1) is 0 Å². The molecule has 2 rings (SSSR count). The van der Waals surface area contributed by atoms with Crippen LogP contribution >= 0.6 is 35.7 Å². The fraction of sp³-hybridized carbons (Fsp3) is 0.562. The number of nitrogens with zero attached hydrogens (tertiary/aromatic N) is 2. The number of rotatable bonds is 4. The highest BCUT2D eigenvalue weighted by molar-refractivity contribution is 14.0. The zero-order chi connectivity index (χ0) is 14.2. The highest BCUT2D eigenvalue weighted by Crippen LogP contribution is 2.17. The molecule has 0 aromatic heterocycles. The van der Waals surface area contributed by atoms with Crippen molar-refractivity contribution in [2.75, 3.05) is 32.4 Å². The van der Waals surface area contributed by atoms with Crippen molar-refractivity contribution in [2.45, 2.75) is 24.7 Å². The molecule has 1 aliphatic rings. The molecule has 5 heteroatoms. The summed E-state index contributed by atoms with van der Waals surface area (Å²) in [6, 6.07) is 10.5. The summed E-state index contributed by atoms with van der Waals surface area (Å²) in [4.78, 5) is 8.13. The lowest BCUT2D eigenvalue weighted by molar-refractivity contribution is 0.266. The fourth-order valence-electron chi connectivity index (χ4n) is 2.56. The second-order valence-corrected chi connectivity index (χ2v) is 6.50. The monoisotopic (exact) mass is 419 g/mol. The molecule has 1 saturated heterocycles. The predicted molar refractivity (Wildman–Crippen MR) is 104 cm³/mol. The van der Waals surface area contributed by atoms with E-state index < -0.39 is 0 Å². The van der Waals surface area contributed by atoms with Crippen LogP contribution in [0, 0.1) is 5.92 Å². The van der Waals surface area contributed by atoms with E-state index in [-0.39, 0.29) is 24.0 Å². The van der Waals surface area contributed by atoms with Gasteiger partial charge in [-0.1, -0.05) is 25.1 Å². The molecule has 21 heavy (non-hydrogen) atoms. The number of likely N-dealkylation sites (tertiary alicyclic amines) is 1. The van der Waals surface area contributed by atoms with Gasteiger partial charge >= 0.3 is 0 Å². The molecule has 118 valence electrons. The summed E-state index contributed by atoms with van der Waals surface area (Å²) >= 11 is 1.88. The van der Waals surface area contributed by atoms with E-state index in [4.69, 9.17) is 0 Å². The van der Waals surface area contributed by atoms with Crippen molar-refractivity contribution in [2.24, 2.45) is 10.9 Å². The van der Waals surface area contributed by atoms with Crippen LogP contribution in [0.1, 0.15) is 19.8 Å². The SMILES string of the molecule is CN=C(NCCSc1ccccc1)N1CCCC(C)C1.I. The summed E-state index contributed by atoms with van der Waals surface area (Å²) in [5.41, 5.74) is 0. The Kier molecular flexibility index (Phi) is 9.15. The number of nitrogens with one attached hydrogen (secondary N) is 1. The topological polar surface area (TPSA) is 27.6 Å². The van der Waals surface area contributed by atoms with Crippen molar-refractivity contribution < 1.29 is 0 Å². The molecule has 3 nitrogen and oxygen atoms in total. The molecule has 0 amide bonds. The maximum absolute atomic E-state index is 4.41. The molecule has 1 atom stereocenters. The molecule has 0 radical (unpaired) electrons.